The summed E-state index contributed by atoms with van der Waals surface area (Å²) in [5, 5.41) is 0. The van der Waals surface area contributed by atoms with Crippen molar-refractivity contribution in [1.29, 1.82) is 0 Å². The summed E-state index contributed by atoms with van der Waals surface area (Å²) in [6, 6.07) is 3.37. The maximum atomic E-state index is 15.1. The molecule has 5 rings (SSSR count). The highest BCUT2D eigenvalue weighted by Gasteiger charge is 2.52. The van der Waals surface area contributed by atoms with Gasteiger partial charge in [-0.1, -0.05) is 25.3 Å². The van der Waals surface area contributed by atoms with Crippen LogP contribution in [0.15, 0.2) is 12.1 Å². The fourth-order valence-electron chi connectivity index (χ4n) is 6.63. The van der Waals surface area contributed by atoms with Gasteiger partial charge in [-0.25, -0.2) is 4.39 Å². The molecular weight excluding hydrogens is 409 g/mol. The number of rotatable bonds is 10. The fraction of sp³-hybridized carbons (Fsp3) is 0.739. The third kappa shape index (κ3) is 4.92. The van der Waals surface area contributed by atoms with E-state index in [-0.39, 0.29) is 17.3 Å². The summed E-state index contributed by atoms with van der Waals surface area (Å²) in [6.45, 7) is 0.311. The van der Waals surface area contributed by atoms with Crippen LogP contribution in [-0.2, 0) is 9.98 Å². The zero-order valence-electron chi connectivity index (χ0n) is 17.5. The van der Waals surface area contributed by atoms with Gasteiger partial charge in [-0.15, -0.1) is 0 Å². The predicted octanol–water partition coefficient (Wildman–Crippen LogP) is 5.94. The smallest absolute Gasteiger partial charge is 0.325 e. The standard InChI is InChI=1S/C23H33F2O4P/c24-21-19(23-13-16-10-17(14-23)12-18(11-16)15-23)6-7-20(22(21)25)29-8-4-2-1-3-5-9-30(26,27)28/h6-7,16-18H,1-5,8-15H2,(H2,26,27,28). The summed E-state index contributed by atoms with van der Waals surface area (Å²) >= 11 is 0. The third-order valence-electron chi connectivity index (χ3n) is 7.51. The molecule has 2 N–H and O–H groups in total. The lowest BCUT2D eigenvalue weighted by atomic mass is 9.48. The van der Waals surface area contributed by atoms with Gasteiger partial charge in [-0.2, -0.15) is 4.39 Å². The summed E-state index contributed by atoms with van der Waals surface area (Å²) in [6.07, 6.45) is 10.3. The Morgan fingerprint density at radius 2 is 1.47 bits per heavy atom. The first-order valence-corrected chi connectivity index (χ1v) is 13.2. The quantitative estimate of drug-likeness (QED) is 0.348. The van der Waals surface area contributed by atoms with Crippen molar-refractivity contribution in [2.75, 3.05) is 12.8 Å². The molecule has 1 aromatic carbocycles. The SMILES string of the molecule is O=P(O)(O)CCCCCCCOc1ccc(C23CC4CC(CC(C4)C2)C3)c(F)c1F. The van der Waals surface area contributed by atoms with Gasteiger partial charge in [0.1, 0.15) is 0 Å². The van der Waals surface area contributed by atoms with E-state index in [4.69, 9.17) is 14.5 Å². The van der Waals surface area contributed by atoms with Gasteiger partial charge in [-0.05, 0) is 86.2 Å². The van der Waals surface area contributed by atoms with Gasteiger partial charge < -0.3 is 14.5 Å². The van der Waals surface area contributed by atoms with Crippen LogP contribution < -0.4 is 4.74 Å². The van der Waals surface area contributed by atoms with Crippen molar-refractivity contribution in [2.45, 2.75) is 76.0 Å². The van der Waals surface area contributed by atoms with Crippen LogP contribution in [0.5, 0.6) is 5.75 Å². The molecule has 30 heavy (non-hydrogen) atoms. The minimum atomic E-state index is -3.90. The van der Waals surface area contributed by atoms with E-state index in [0.717, 1.165) is 38.5 Å². The predicted molar refractivity (Wildman–Crippen MR) is 112 cm³/mol. The number of unbranched alkanes of at least 4 members (excludes halogenated alkanes) is 4. The topological polar surface area (TPSA) is 66.8 Å². The van der Waals surface area contributed by atoms with E-state index in [1.54, 1.807) is 12.1 Å². The van der Waals surface area contributed by atoms with Crippen LogP contribution >= 0.6 is 7.60 Å². The van der Waals surface area contributed by atoms with Crippen molar-refractivity contribution in [3.05, 3.63) is 29.3 Å². The number of halogens is 2. The lowest BCUT2D eigenvalue weighted by Gasteiger charge is -2.57. The highest BCUT2D eigenvalue weighted by Crippen LogP contribution is 2.61. The second kappa shape index (κ2) is 8.88. The minimum absolute atomic E-state index is 0.0116. The highest BCUT2D eigenvalue weighted by molar-refractivity contribution is 7.51. The van der Waals surface area contributed by atoms with Crippen molar-refractivity contribution < 1.29 is 27.9 Å². The van der Waals surface area contributed by atoms with E-state index in [1.165, 1.54) is 19.3 Å². The molecule has 0 amide bonds. The van der Waals surface area contributed by atoms with Crippen molar-refractivity contribution in [1.82, 2.24) is 0 Å². The Hall–Kier alpha value is -0.970. The second-order valence-corrected chi connectivity index (χ2v) is 11.7. The van der Waals surface area contributed by atoms with Crippen LogP contribution in [0.2, 0.25) is 0 Å². The zero-order chi connectivity index (χ0) is 21.4. The number of ether oxygens (including phenoxy) is 1. The van der Waals surface area contributed by atoms with E-state index in [2.05, 4.69) is 0 Å². The molecule has 1 aromatic rings. The average molecular weight is 442 g/mol. The Bertz CT molecular complexity index is 771. The summed E-state index contributed by atoms with van der Waals surface area (Å²) in [4.78, 5) is 17.6. The van der Waals surface area contributed by atoms with Crippen molar-refractivity contribution in [3.8, 4) is 5.75 Å². The lowest BCUT2D eigenvalue weighted by molar-refractivity contribution is -0.00708. The molecule has 0 radical (unpaired) electrons. The molecule has 0 atom stereocenters. The first-order chi connectivity index (χ1) is 14.3. The maximum Gasteiger partial charge on any atom is 0.325 e. The molecule has 4 nitrogen and oxygen atoms in total. The molecule has 4 bridgehead atoms. The van der Waals surface area contributed by atoms with Gasteiger partial charge >= 0.3 is 7.60 Å². The lowest BCUT2D eigenvalue weighted by Crippen LogP contribution is -2.49. The fourth-order valence-corrected chi connectivity index (χ4v) is 7.26. The highest BCUT2D eigenvalue weighted by atomic mass is 31.2. The van der Waals surface area contributed by atoms with Crippen molar-refractivity contribution >= 4 is 7.60 Å². The van der Waals surface area contributed by atoms with Crippen molar-refractivity contribution in [2.24, 2.45) is 17.8 Å². The van der Waals surface area contributed by atoms with E-state index < -0.39 is 19.2 Å². The van der Waals surface area contributed by atoms with E-state index >= 15 is 4.39 Å². The number of benzene rings is 1. The van der Waals surface area contributed by atoms with Crippen LogP contribution in [0, 0.1) is 29.4 Å². The Kier molecular flexibility index (Phi) is 6.58. The van der Waals surface area contributed by atoms with Crippen LogP contribution in [0.25, 0.3) is 0 Å². The van der Waals surface area contributed by atoms with Gasteiger partial charge in [0.15, 0.2) is 11.6 Å². The maximum absolute atomic E-state index is 15.1. The van der Waals surface area contributed by atoms with Crippen LogP contribution in [0.3, 0.4) is 0 Å². The number of hydrogen-bond acceptors (Lipinski definition) is 2. The van der Waals surface area contributed by atoms with Gasteiger partial charge in [-0.3, -0.25) is 4.57 Å². The molecule has 4 saturated carbocycles. The molecule has 0 unspecified atom stereocenters. The molecule has 0 spiro atoms. The Morgan fingerprint density at radius 3 is 2.07 bits per heavy atom. The zero-order valence-corrected chi connectivity index (χ0v) is 18.4. The first kappa shape index (κ1) is 22.2. The monoisotopic (exact) mass is 442 g/mol. The van der Waals surface area contributed by atoms with Crippen molar-refractivity contribution in [3.63, 3.8) is 0 Å². The second-order valence-electron chi connectivity index (χ2n) is 9.94. The largest absolute Gasteiger partial charge is 0.490 e. The van der Waals surface area contributed by atoms with Gasteiger partial charge in [0.05, 0.1) is 6.61 Å². The average Bonchev–Trinajstić information content (AvgIpc) is 2.65. The Balaban J connectivity index is 1.28. The molecule has 0 saturated heterocycles. The molecule has 0 aliphatic heterocycles. The number of hydrogen-bond donors (Lipinski definition) is 2. The molecule has 7 heteroatoms. The minimum Gasteiger partial charge on any atom is -0.490 e. The Labute approximate surface area is 177 Å². The molecule has 0 heterocycles. The van der Waals surface area contributed by atoms with Crippen LogP contribution in [-0.4, -0.2) is 22.6 Å². The molecule has 4 fully saturated rings. The Morgan fingerprint density at radius 1 is 0.900 bits per heavy atom. The van der Waals surface area contributed by atoms with Crippen LogP contribution in [0.1, 0.15) is 76.2 Å². The molecule has 4 aliphatic rings. The first-order valence-electron chi connectivity index (χ1n) is 11.4. The normalized spacial score (nSPS) is 30.1. The third-order valence-corrected chi connectivity index (χ3v) is 8.41. The van der Waals surface area contributed by atoms with Gasteiger partial charge in [0.25, 0.3) is 0 Å². The molecule has 0 aromatic heterocycles. The summed E-state index contributed by atoms with van der Waals surface area (Å²) in [5.74, 6) is 0.447. The van der Waals surface area contributed by atoms with E-state index in [1.807, 2.05) is 0 Å². The van der Waals surface area contributed by atoms with Crippen LogP contribution in [0.4, 0.5) is 8.78 Å². The molecule has 4 aliphatic carbocycles. The van der Waals surface area contributed by atoms with E-state index in [0.29, 0.717) is 42.8 Å². The van der Waals surface area contributed by atoms with E-state index in [9.17, 15) is 8.96 Å². The molecule has 168 valence electrons. The summed E-state index contributed by atoms with van der Waals surface area (Å²) in [7, 11) is -3.90. The van der Waals surface area contributed by atoms with Gasteiger partial charge in [0, 0.05) is 6.16 Å². The summed E-state index contributed by atoms with van der Waals surface area (Å²) < 4.78 is 46.1. The van der Waals surface area contributed by atoms with Gasteiger partial charge in [0.2, 0.25) is 5.82 Å². The molecular formula is C23H33F2O4P. The summed E-state index contributed by atoms with van der Waals surface area (Å²) in [5.41, 5.74) is 0.391.